The van der Waals surface area contributed by atoms with Gasteiger partial charge in [-0.15, -0.1) is 0 Å². The molecule has 176 valence electrons. The molecule has 7 nitrogen and oxygen atoms in total. The summed E-state index contributed by atoms with van der Waals surface area (Å²) in [6.07, 6.45) is 1.36. The van der Waals surface area contributed by atoms with Crippen LogP contribution in [0.2, 0.25) is 10.0 Å². The highest BCUT2D eigenvalue weighted by Crippen LogP contribution is 2.70. The van der Waals surface area contributed by atoms with Crippen LogP contribution in [-0.4, -0.2) is 28.4 Å². The summed E-state index contributed by atoms with van der Waals surface area (Å²) in [5.41, 5.74) is 5.93. The van der Waals surface area contributed by atoms with Crippen molar-refractivity contribution in [2.45, 2.75) is 44.4 Å². The lowest BCUT2D eigenvalue weighted by atomic mass is 9.63. The van der Waals surface area contributed by atoms with Crippen LogP contribution in [0, 0.1) is 5.41 Å². The Bertz CT molecular complexity index is 1330. The fourth-order valence-electron chi connectivity index (χ4n) is 5.54. The molecule has 2 aliphatic carbocycles. The number of nitrogens with zero attached hydrogens (tertiary/aromatic N) is 2. The summed E-state index contributed by atoms with van der Waals surface area (Å²) in [5, 5.41) is 0.783. The van der Waals surface area contributed by atoms with E-state index in [4.69, 9.17) is 37.9 Å². The molecule has 9 heteroatoms. The predicted molar refractivity (Wildman–Crippen MR) is 130 cm³/mol. The van der Waals surface area contributed by atoms with Crippen molar-refractivity contribution in [3.05, 3.63) is 63.9 Å². The van der Waals surface area contributed by atoms with E-state index >= 15 is 0 Å². The number of hydrogen-bond donors (Lipinski definition) is 2. The number of aromatic nitrogens is 2. The van der Waals surface area contributed by atoms with E-state index in [-0.39, 0.29) is 17.9 Å². The van der Waals surface area contributed by atoms with E-state index in [2.05, 4.69) is 31.6 Å². The van der Waals surface area contributed by atoms with Gasteiger partial charge in [0.05, 0.1) is 32.5 Å². The number of ether oxygens (including phenoxy) is 1. The van der Waals surface area contributed by atoms with Crippen LogP contribution < -0.4 is 15.6 Å². The van der Waals surface area contributed by atoms with Crippen LogP contribution in [0.1, 0.15) is 45.0 Å². The minimum absolute atomic E-state index is 0.224. The van der Waals surface area contributed by atoms with Gasteiger partial charge in [0, 0.05) is 5.41 Å². The number of nitrogens with one attached hydrogen (secondary N) is 2. The second-order valence-electron chi connectivity index (χ2n) is 9.64. The lowest BCUT2D eigenvalue weighted by molar-refractivity contribution is -0.135. The molecule has 2 N–H and O–H groups in total. The van der Waals surface area contributed by atoms with Crippen molar-refractivity contribution in [2.75, 3.05) is 6.61 Å². The lowest BCUT2D eigenvalue weighted by Crippen LogP contribution is -2.56. The van der Waals surface area contributed by atoms with Crippen molar-refractivity contribution in [2.24, 2.45) is 5.41 Å². The average Bonchev–Trinajstić information content (AvgIpc) is 3.11. The minimum Gasteiger partial charge on any atom is -0.484 e. The molecule has 3 aromatic rings. The van der Waals surface area contributed by atoms with Crippen molar-refractivity contribution in [3.63, 3.8) is 0 Å². The van der Waals surface area contributed by atoms with Gasteiger partial charge in [-0.3, -0.25) is 20.4 Å². The summed E-state index contributed by atoms with van der Waals surface area (Å²) in [4.78, 5) is 35.8. The summed E-state index contributed by atoms with van der Waals surface area (Å²) in [5.74, 6) is -0.209. The molecular formula is C25H24Cl2N4O3. The molecule has 1 heterocycles. The number of halogens is 2. The Morgan fingerprint density at radius 1 is 0.941 bits per heavy atom. The summed E-state index contributed by atoms with van der Waals surface area (Å²) in [6.45, 7) is 6.03. The van der Waals surface area contributed by atoms with Gasteiger partial charge >= 0.3 is 0 Å². The van der Waals surface area contributed by atoms with E-state index in [0.717, 1.165) is 12.1 Å². The molecule has 0 radical (unpaired) electrons. The monoisotopic (exact) mass is 498 g/mol. The number of hydrogen-bond acceptors (Lipinski definition) is 5. The average molecular weight is 499 g/mol. The standard InChI is InChI=1S/C25H24Cl2N4O3/c1-23(2)24(3)9-10-25(23,21-20(24)28-17-11-15(26)16(27)12-18(17)29-21)22(33)31-30-19(32)13-34-14-7-5-4-6-8-14/h4-8,11-12H,9-10,13H2,1-3H3,(H,30,32)(H,31,33). The maximum Gasteiger partial charge on any atom is 0.276 e. The Kier molecular flexibility index (Phi) is 5.26. The highest BCUT2D eigenvalue weighted by atomic mass is 35.5. The predicted octanol–water partition coefficient (Wildman–Crippen LogP) is 4.49. The number of carbonyl (C=O) groups is 2. The Morgan fingerprint density at radius 3 is 2.21 bits per heavy atom. The van der Waals surface area contributed by atoms with Crippen molar-refractivity contribution in [3.8, 4) is 5.75 Å². The van der Waals surface area contributed by atoms with Crippen molar-refractivity contribution in [1.82, 2.24) is 20.8 Å². The van der Waals surface area contributed by atoms with E-state index in [0.29, 0.717) is 38.9 Å². The molecular weight excluding hydrogens is 475 g/mol. The summed E-state index contributed by atoms with van der Waals surface area (Å²) < 4.78 is 5.46. The van der Waals surface area contributed by atoms with E-state index < -0.39 is 16.7 Å². The molecule has 2 bridgehead atoms. The second kappa shape index (κ2) is 7.82. The van der Waals surface area contributed by atoms with E-state index in [1.807, 2.05) is 18.2 Å². The first-order valence-electron chi connectivity index (χ1n) is 11.0. The smallest absolute Gasteiger partial charge is 0.276 e. The third-order valence-corrected chi connectivity index (χ3v) is 8.62. The Balaban J connectivity index is 1.44. The van der Waals surface area contributed by atoms with Gasteiger partial charge in [0.15, 0.2) is 6.61 Å². The zero-order valence-electron chi connectivity index (χ0n) is 19.0. The third kappa shape index (κ3) is 3.10. The number of hydrazine groups is 1. The van der Waals surface area contributed by atoms with Crippen LogP contribution in [0.25, 0.3) is 11.0 Å². The molecule has 2 atom stereocenters. The number of para-hydroxylation sites is 1. The normalized spacial score (nSPS) is 24.0. The SMILES string of the molecule is CC12CCC(C(=O)NNC(=O)COc3ccccc3)(c3nc4cc(Cl)c(Cl)cc4nc31)C2(C)C. The second-order valence-corrected chi connectivity index (χ2v) is 10.5. The first-order valence-corrected chi connectivity index (χ1v) is 11.8. The van der Waals surface area contributed by atoms with E-state index in [1.54, 1.807) is 24.3 Å². The molecule has 34 heavy (non-hydrogen) atoms. The van der Waals surface area contributed by atoms with Crippen molar-refractivity contribution < 1.29 is 14.3 Å². The van der Waals surface area contributed by atoms with Gasteiger partial charge in [0.25, 0.3) is 11.8 Å². The molecule has 1 aromatic heterocycles. The largest absolute Gasteiger partial charge is 0.484 e. The molecule has 0 saturated heterocycles. The highest BCUT2D eigenvalue weighted by Gasteiger charge is 2.73. The molecule has 0 aliphatic heterocycles. The maximum atomic E-state index is 13.7. The third-order valence-electron chi connectivity index (χ3n) is 7.90. The Morgan fingerprint density at radius 2 is 1.56 bits per heavy atom. The van der Waals surface area contributed by atoms with E-state index in [1.165, 1.54) is 0 Å². The van der Waals surface area contributed by atoms with Crippen LogP contribution in [0.5, 0.6) is 5.75 Å². The first-order chi connectivity index (χ1) is 16.1. The van der Waals surface area contributed by atoms with Crippen LogP contribution in [0.3, 0.4) is 0 Å². The highest BCUT2D eigenvalue weighted by molar-refractivity contribution is 6.42. The maximum absolute atomic E-state index is 13.7. The number of fused-ring (bicyclic) bond motifs is 6. The Hall–Kier alpha value is -2.90. The van der Waals surface area contributed by atoms with Crippen LogP contribution in [-0.2, 0) is 20.4 Å². The number of amides is 2. The van der Waals surface area contributed by atoms with Gasteiger partial charge in [-0.05, 0) is 42.5 Å². The van der Waals surface area contributed by atoms with Crippen LogP contribution >= 0.6 is 23.2 Å². The Labute approximate surface area is 207 Å². The van der Waals surface area contributed by atoms with Gasteiger partial charge in [0.2, 0.25) is 0 Å². The van der Waals surface area contributed by atoms with Gasteiger partial charge in [0.1, 0.15) is 11.2 Å². The molecule has 2 amide bonds. The molecule has 2 aromatic carbocycles. The fourth-order valence-corrected chi connectivity index (χ4v) is 5.85. The summed E-state index contributed by atoms with van der Waals surface area (Å²) in [6, 6.07) is 12.4. The topological polar surface area (TPSA) is 93.2 Å². The number of rotatable bonds is 4. The van der Waals surface area contributed by atoms with Gasteiger partial charge in [-0.2, -0.15) is 0 Å². The zero-order chi connectivity index (χ0) is 24.3. The van der Waals surface area contributed by atoms with E-state index in [9.17, 15) is 9.59 Å². The summed E-state index contributed by atoms with van der Waals surface area (Å²) in [7, 11) is 0. The number of carbonyl (C=O) groups excluding carboxylic acids is 2. The zero-order valence-corrected chi connectivity index (χ0v) is 20.5. The number of benzene rings is 2. The molecule has 1 saturated carbocycles. The van der Waals surface area contributed by atoms with Crippen LogP contribution in [0.4, 0.5) is 0 Å². The fraction of sp³-hybridized carbons (Fsp3) is 0.360. The molecule has 2 aliphatic rings. The first kappa shape index (κ1) is 22.9. The van der Waals surface area contributed by atoms with Crippen molar-refractivity contribution in [1.29, 1.82) is 0 Å². The minimum atomic E-state index is -0.960. The molecule has 5 rings (SSSR count). The lowest BCUT2D eigenvalue weighted by Gasteiger charge is -2.39. The van der Waals surface area contributed by atoms with Gasteiger partial charge < -0.3 is 4.74 Å². The van der Waals surface area contributed by atoms with Gasteiger partial charge in [-0.25, -0.2) is 9.97 Å². The molecule has 2 unspecified atom stereocenters. The van der Waals surface area contributed by atoms with Gasteiger partial charge in [-0.1, -0.05) is 62.2 Å². The van der Waals surface area contributed by atoms with Crippen molar-refractivity contribution >= 4 is 46.0 Å². The molecule has 1 fully saturated rings. The van der Waals surface area contributed by atoms with Crippen LogP contribution in [0.15, 0.2) is 42.5 Å². The summed E-state index contributed by atoms with van der Waals surface area (Å²) >= 11 is 12.4. The molecule has 0 spiro atoms. The quantitative estimate of drug-likeness (QED) is 0.516.